The normalized spacial score (nSPS) is 22.0. The van der Waals surface area contributed by atoms with Gasteiger partial charge in [-0.05, 0) is 37.3 Å². The Morgan fingerprint density at radius 3 is 2.59 bits per heavy atom. The molecule has 0 bridgehead atoms. The molecule has 1 aromatic heterocycles. The third-order valence-electron chi connectivity index (χ3n) is 4.61. The van der Waals surface area contributed by atoms with E-state index in [0.29, 0.717) is 18.0 Å². The van der Waals surface area contributed by atoms with E-state index in [0.717, 1.165) is 5.56 Å². The van der Waals surface area contributed by atoms with Gasteiger partial charge in [-0.15, -0.1) is 11.3 Å². The van der Waals surface area contributed by atoms with Crippen LogP contribution in [0, 0.1) is 0 Å². The van der Waals surface area contributed by atoms with Gasteiger partial charge in [-0.25, -0.2) is 0 Å². The second-order valence-corrected chi connectivity index (χ2v) is 7.93. The Bertz CT molecular complexity index is 683. The van der Waals surface area contributed by atoms with E-state index >= 15 is 0 Å². The number of benzene rings is 1. The molecule has 142 valence electrons. The molecule has 0 spiro atoms. The Hall–Kier alpha value is -0.683. The Morgan fingerprint density at radius 2 is 2.04 bits per heavy atom. The van der Waals surface area contributed by atoms with E-state index < -0.39 is 11.6 Å². The number of thiophene rings is 1. The fraction of sp³-hybridized carbons (Fsp3) is 0.500. The van der Waals surface area contributed by atoms with Crippen LogP contribution < -0.4 is 29.3 Å². The summed E-state index contributed by atoms with van der Waals surface area (Å²) >= 11 is 1.42. The van der Waals surface area contributed by atoms with Crippen molar-refractivity contribution in [2.75, 3.05) is 13.7 Å². The molecule has 5 nitrogen and oxygen atoms in total. The van der Waals surface area contributed by atoms with Crippen molar-refractivity contribution in [3.8, 4) is 0 Å². The molecule has 27 heavy (non-hydrogen) atoms. The molecule has 0 amide bonds. The van der Waals surface area contributed by atoms with E-state index in [4.69, 9.17) is 14.2 Å². The van der Waals surface area contributed by atoms with E-state index in [2.05, 4.69) is 17.4 Å². The first-order chi connectivity index (χ1) is 12.4. The number of hydrogen-bond donors (Lipinski definition) is 1. The largest absolute Gasteiger partial charge is 1.00 e. The molecule has 1 fully saturated rings. The zero-order valence-corrected chi connectivity index (χ0v) is 17.3. The van der Waals surface area contributed by atoms with Crippen LogP contribution in [-0.2, 0) is 26.5 Å². The smallest absolute Gasteiger partial charge is 0.824 e. The summed E-state index contributed by atoms with van der Waals surface area (Å²) in [7, 11) is 1.47. The number of ether oxygens (including phenoxy) is 3. The molecule has 2 heterocycles. The van der Waals surface area contributed by atoms with Crippen molar-refractivity contribution in [2.45, 2.75) is 50.5 Å². The van der Waals surface area contributed by atoms with E-state index in [1.54, 1.807) is 0 Å². The van der Waals surface area contributed by atoms with Crippen LogP contribution in [0.25, 0.3) is 0 Å². The molecule has 1 unspecified atom stereocenters. The zero-order chi connectivity index (χ0) is 18.6. The summed E-state index contributed by atoms with van der Waals surface area (Å²) in [5.41, 5.74) is 1.15. The summed E-state index contributed by atoms with van der Waals surface area (Å²) in [6.45, 7) is 4.88. The fourth-order valence-corrected chi connectivity index (χ4v) is 3.97. The minimum absolute atomic E-state index is 0. The van der Waals surface area contributed by atoms with Gasteiger partial charge in [-0.2, -0.15) is 0 Å². The van der Waals surface area contributed by atoms with Crippen LogP contribution in [0.5, 0.6) is 0 Å². The SMILES string of the molecule is COC([O-])(C[C@@H](NCc1ccccc1)[C@H]1COC(C)(C)O1)c1cccs1.[Li+]. The van der Waals surface area contributed by atoms with Crippen LogP contribution in [0.4, 0.5) is 0 Å². The third-order valence-corrected chi connectivity index (χ3v) is 5.60. The number of hydrogen-bond acceptors (Lipinski definition) is 6. The molecule has 1 N–H and O–H groups in total. The predicted molar refractivity (Wildman–Crippen MR) is 99.6 cm³/mol. The first-order valence-corrected chi connectivity index (χ1v) is 9.68. The molecule has 1 aliphatic heterocycles. The van der Waals surface area contributed by atoms with Gasteiger partial charge in [0.15, 0.2) is 5.79 Å². The second-order valence-electron chi connectivity index (χ2n) is 6.98. The molecule has 7 heteroatoms. The van der Waals surface area contributed by atoms with Crippen molar-refractivity contribution < 1.29 is 38.2 Å². The van der Waals surface area contributed by atoms with Crippen molar-refractivity contribution in [3.05, 3.63) is 58.3 Å². The van der Waals surface area contributed by atoms with Gasteiger partial charge in [-0.1, -0.05) is 36.4 Å². The average molecular weight is 383 g/mol. The Morgan fingerprint density at radius 1 is 1.30 bits per heavy atom. The summed E-state index contributed by atoms with van der Waals surface area (Å²) in [5, 5.41) is 18.7. The summed E-state index contributed by atoms with van der Waals surface area (Å²) in [4.78, 5) is 0.671. The maximum Gasteiger partial charge on any atom is 1.00 e. The standard InChI is InChI=1S/C20H26NO4S.Li/c1-19(2)24-14-17(25-19)16(21-13-15-8-5-4-6-9-15)12-20(22,23-3)18-10-7-11-26-18;/h4-11,16-17,21H,12-14H2,1-3H3;/q-1;+1/t16-,17-,20?;/m1./s1. The Balaban J connectivity index is 0.00000261. The van der Waals surface area contributed by atoms with Crippen LogP contribution >= 0.6 is 11.3 Å². The summed E-state index contributed by atoms with van der Waals surface area (Å²) in [6.07, 6.45) is 0.0400. The van der Waals surface area contributed by atoms with Crippen LogP contribution in [0.15, 0.2) is 47.8 Å². The van der Waals surface area contributed by atoms with Gasteiger partial charge in [0.2, 0.25) is 0 Å². The van der Waals surface area contributed by atoms with Gasteiger partial charge >= 0.3 is 18.9 Å². The monoisotopic (exact) mass is 383 g/mol. The first kappa shape index (κ1) is 22.6. The average Bonchev–Trinajstić information content (AvgIpc) is 3.29. The van der Waals surface area contributed by atoms with Crippen molar-refractivity contribution in [2.24, 2.45) is 0 Å². The molecule has 1 aromatic carbocycles. The molecule has 1 saturated heterocycles. The van der Waals surface area contributed by atoms with Crippen LogP contribution in [-0.4, -0.2) is 31.6 Å². The fourth-order valence-electron chi connectivity index (χ4n) is 3.16. The quantitative estimate of drug-likeness (QED) is 0.497. The van der Waals surface area contributed by atoms with Crippen molar-refractivity contribution in [1.82, 2.24) is 5.32 Å². The van der Waals surface area contributed by atoms with E-state index in [9.17, 15) is 5.11 Å². The van der Waals surface area contributed by atoms with E-state index in [-0.39, 0.29) is 37.4 Å². The number of nitrogens with one attached hydrogen (secondary N) is 1. The maximum absolute atomic E-state index is 13.3. The molecular formula is C20H26LiNO4S. The minimum Gasteiger partial charge on any atom is -0.824 e. The molecule has 3 atom stereocenters. The molecule has 3 rings (SSSR count). The summed E-state index contributed by atoms with van der Waals surface area (Å²) in [5.74, 6) is -2.25. The molecule has 1 aliphatic rings. The predicted octanol–water partition coefficient (Wildman–Crippen LogP) is -0.388. The van der Waals surface area contributed by atoms with Crippen molar-refractivity contribution in [3.63, 3.8) is 0 Å². The van der Waals surface area contributed by atoms with Gasteiger partial charge < -0.3 is 24.6 Å². The molecule has 0 saturated carbocycles. The second kappa shape index (κ2) is 9.68. The van der Waals surface area contributed by atoms with Gasteiger partial charge in [0.25, 0.3) is 0 Å². The Labute approximate surface area is 177 Å². The topological polar surface area (TPSA) is 62.8 Å². The van der Waals surface area contributed by atoms with Crippen molar-refractivity contribution >= 4 is 11.3 Å². The van der Waals surface area contributed by atoms with E-state index in [1.165, 1.54) is 18.4 Å². The molecular weight excluding hydrogens is 357 g/mol. The van der Waals surface area contributed by atoms with Crippen LogP contribution in [0.2, 0.25) is 0 Å². The van der Waals surface area contributed by atoms with Gasteiger partial charge in [0.1, 0.15) is 0 Å². The first-order valence-electron chi connectivity index (χ1n) is 8.80. The van der Waals surface area contributed by atoms with Crippen LogP contribution in [0.3, 0.4) is 0 Å². The van der Waals surface area contributed by atoms with E-state index in [1.807, 2.05) is 49.6 Å². The summed E-state index contributed by atoms with van der Waals surface area (Å²) < 4.78 is 17.1. The molecule has 0 radical (unpaired) electrons. The number of methoxy groups -OCH3 is 1. The molecule has 2 aromatic rings. The van der Waals surface area contributed by atoms with Gasteiger partial charge in [0, 0.05) is 30.4 Å². The maximum atomic E-state index is 13.3. The van der Waals surface area contributed by atoms with Crippen molar-refractivity contribution in [1.29, 1.82) is 0 Å². The van der Waals surface area contributed by atoms with Crippen LogP contribution in [0.1, 0.15) is 30.7 Å². The van der Waals surface area contributed by atoms with Gasteiger partial charge in [0.05, 0.1) is 12.7 Å². The van der Waals surface area contributed by atoms with Gasteiger partial charge in [-0.3, -0.25) is 0 Å². The number of rotatable bonds is 8. The summed E-state index contributed by atoms with van der Waals surface area (Å²) in [6, 6.07) is 13.6. The third kappa shape index (κ3) is 5.90. The Kier molecular flexibility index (Phi) is 8.11. The molecule has 0 aliphatic carbocycles. The minimum atomic E-state index is -1.61. The zero-order valence-electron chi connectivity index (χ0n) is 16.4.